The Hall–Kier alpha value is -1.46. The maximum absolute atomic E-state index is 11.6. The fourth-order valence-electron chi connectivity index (χ4n) is 1.46. The van der Waals surface area contributed by atoms with E-state index in [1.54, 1.807) is 18.2 Å². The number of hydrogen-bond donors (Lipinski definition) is 1. The van der Waals surface area contributed by atoms with Gasteiger partial charge in [-0.25, -0.2) is 4.79 Å². The summed E-state index contributed by atoms with van der Waals surface area (Å²) in [5.74, 6) is -0.162. The van der Waals surface area contributed by atoms with Crippen molar-refractivity contribution in [3.8, 4) is 0 Å². The molecule has 0 saturated carbocycles. The Kier molecular flexibility index (Phi) is 5.92. The van der Waals surface area contributed by atoms with E-state index in [0.717, 1.165) is 0 Å². The van der Waals surface area contributed by atoms with Crippen LogP contribution < -0.4 is 10.2 Å². The first kappa shape index (κ1) is 15.6. The molecule has 1 rings (SSSR count). The summed E-state index contributed by atoms with van der Waals surface area (Å²) >= 11 is 11.7. The molecule has 104 valence electrons. The number of ether oxygens (including phenoxy) is 1. The number of methoxy groups -OCH3 is 1. The Morgan fingerprint density at radius 3 is 2.53 bits per heavy atom. The van der Waals surface area contributed by atoms with Crippen molar-refractivity contribution >= 4 is 40.9 Å². The number of carbonyl (C=O) groups is 2. The minimum Gasteiger partial charge on any atom is -0.453 e. The van der Waals surface area contributed by atoms with Crippen LogP contribution in [0.5, 0.6) is 0 Å². The average Bonchev–Trinajstić information content (AvgIpc) is 2.37. The predicted octanol–water partition coefficient (Wildman–Crippen LogP) is 2.70. The summed E-state index contributed by atoms with van der Waals surface area (Å²) in [5, 5.41) is 3.28. The largest absolute Gasteiger partial charge is 0.453 e. The highest BCUT2D eigenvalue weighted by Gasteiger charge is 2.13. The van der Waals surface area contributed by atoms with Crippen LogP contribution in [0.4, 0.5) is 10.5 Å². The third-order valence-corrected chi connectivity index (χ3v) is 3.12. The monoisotopic (exact) mass is 304 g/mol. The zero-order valence-electron chi connectivity index (χ0n) is 10.6. The molecule has 1 aromatic carbocycles. The summed E-state index contributed by atoms with van der Waals surface area (Å²) in [7, 11) is 1.27. The fraction of sp³-hybridized carbons (Fsp3) is 0.333. The lowest BCUT2D eigenvalue weighted by Crippen LogP contribution is -2.37. The van der Waals surface area contributed by atoms with Crippen LogP contribution >= 0.6 is 23.2 Å². The van der Waals surface area contributed by atoms with E-state index >= 15 is 0 Å². The molecule has 5 nitrogen and oxygen atoms in total. The average molecular weight is 305 g/mol. The Morgan fingerprint density at radius 1 is 1.32 bits per heavy atom. The maximum Gasteiger partial charge on any atom is 0.406 e. The van der Waals surface area contributed by atoms with Gasteiger partial charge in [-0.2, -0.15) is 0 Å². The van der Waals surface area contributed by atoms with Crippen molar-refractivity contribution in [1.29, 1.82) is 0 Å². The highest BCUT2D eigenvalue weighted by atomic mass is 35.5. The molecule has 0 heterocycles. The summed E-state index contributed by atoms with van der Waals surface area (Å²) in [5.41, 5.74) is 0.619. The van der Waals surface area contributed by atoms with E-state index in [9.17, 15) is 9.59 Å². The zero-order valence-corrected chi connectivity index (χ0v) is 12.1. The molecule has 19 heavy (non-hydrogen) atoms. The summed E-state index contributed by atoms with van der Waals surface area (Å²) in [4.78, 5) is 24.0. The molecule has 7 heteroatoms. The van der Waals surface area contributed by atoms with Crippen molar-refractivity contribution in [3.05, 3.63) is 28.2 Å². The molecule has 1 aromatic rings. The molecule has 0 bridgehead atoms. The molecule has 0 unspecified atom stereocenters. The topological polar surface area (TPSA) is 58.6 Å². The van der Waals surface area contributed by atoms with Crippen LogP contribution in [0.25, 0.3) is 0 Å². The van der Waals surface area contributed by atoms with Gasteiger partial charge in [-0.1, -0.05) is 23.2 Å². The van der Waals surface area contributed by atoms with E-state index in [4.69, 9.17) is 23.2 Å². The molecule has 0 atom stereocenters. The van der Waals surface area contributed by atoms with Gasteiger partial charge in [0.1, 0.15) is 0 Å². The van der Waals surface area contributed by atoms with Crippen molar-refractivity contribution < 1.29 is 14.3 Å². The quantitative estimate of drug-likeness (QED) is 0.930. The van der Waals surface area contributed by atoms with Crippen molar-refractivity contribution in [2.24, 2.45) is 0 Å². The fourth-order valence-corrected chi connectivity index (χ4v) is 1.76. The number of amides is 2. The van der Waals surface area contributed by atoms with Crippen LogP contribution in [-0.2, 0) is 9.53 Å². The first-order valence-corrected chi connectivity index (χ1v) is 6.26. The van der Waals surface area contributed by atoms with Gasteiger partial charge in [0, 0.05) is 25.7 Å². The number of nitrogens with zero attached hydrogens (tertiary/aromatic N) is 1. The smallest absolute Gasteiger partial charge is 0.406 e. The zero-order chi connectivity index (χ0) is 14.4. The van der Waals surface area contributed by atoms with E-state index in [-0.39, 0.29) is 12.5 Å². The lowest BCUT2D eigenvalue weighted by atomic mass is 10.2. The summed E-state index contributed by atoms with van der Waals surface area (Å²) in [6.45, 7) is 2.01. The molecule has 0 aromatic heterocycles. The summed E-state index contributed by atoms with van der Waals surface area (Å²) in [6, 6.07) is 4.90. The lowest BCUT2D eigenvalue weighted by Gasteiger charge is -2.21. The van der Waals surface area contributed by atoms with Crippen molar-refractivity contribution in [2.45, 2.75) is 6.92 Å². The van der Waals surface area contributed by atoms with Gasteiger partial charge in [-0.05, 0) is 18.2 Å². The Morgan fingerprint density at radius 2 is 2.00 bits per heavy atom. The minimum atomic E-state index is -0.544. The first-order valence-electron chi connectivity index (χ1n) is 5.50. The van der Waals surface area contributed by atoms with Crippen LogP contribution in [0, 0.1) is 0 Å². The highest BCUT2D eigenvalue weighted by Crippen LogP contribution is 2.27. The molecule has 0 fully saturated rings. The minimum absolute atomic E-state index is 0.162. The number of rotatable bonds is 4. The van der Waals surface area contributed by atoms with Crippen molar-refractivity contribution in [1.82, 2.24) is 5.32 Å². The van der Waals surface area contributed by atoms with E-state index in [0.29, 0.717) is 22.3 Å². The van der Waals surface area contributed by atoms with Crippen LogP contribution in [0.3, 0.4) is 0 Å². The Balaban J connectivity index is 2.74. The van der Waals surface area contributed by atoms with Gasteiger partial charge in [-0.15, -0.1) is 0 Å². The standard InChI is InChI=1S/C12H14Cl2N2O3/c1-8(17)16(6-5-15-12(18)19-2)9-3-4-10(13)11(14)7-9/h3-4,7H,5-6H2,1-2H3,(H,15,18). The van der Waals surface area contributed by atoms with E-state index in [1.165, 1.54) is 18.9 Å². The van der Waals surface area contributed by atoms with Crippen LogP contribution in [0.2, 0.25) is 10.0 Å². The van der Waals surface area contributed by atoms with Gasteiger partial charge in [0.25, 0.3) is 0 Å². The molecular weight excluding hydrogens is 291 g/mol. The van der Waals surface area contributed by atoms with Gasteiger partial charge in [-0.3, -0.25) is 4.79 Å². The molecule has 0 saturated heterocycles. The van der Waals surface area contributed by atoms with Gasteiger partial charge in [0.05, 0.1) is 17.2 Å². The Bertz CT molecular complexity index is 480. The van der Waals surface area contributed by atoms with Gasteiger partial charge >= 0.3 is 6.09 Å². The second kappa shape index (κ2) is 7.21. The number of benzene rings is 1. The van der Waals surface area contributed by atoms with Crippen LogP contribution in [0.15, 0.2) is 18.2 Å². The number of alkyl carbamates (subject to hydrolysis) is 1. The Labute approximate surface area is 121 Å². The molecule has 2 amide bonds. The molecule has 0 spiro atoms. The third-order valence-electron chi connectivity index (χ3n) is 2.39. The second-order valence-electron chi connectivity index (χ2n) is 3.69. The van der Waals surface area contributed by atoms with E-state index in [2.05, 4.69) is 10.1 Å². The van der Waals surface area contributed by atoms with Crippen LogP contribution in [-0.4, -0.2) is 32.2 Å². The van der Waals surface area contributed by atoms with Crippen molar-refractivity contribution in [3.63, 3.8) is 0 Å². The van der Waals surface area contributed by atoms with E-state index in [1.807, 2.05) is 0 Å². The summed E-state index contributed by atoms with van der Waals surface area (Å²) < 4.78 is 4.44. The third kappa shape index (κ3) is 4.61. The van der Waals surface area contributed by atoms with Crippen molar-refractivity contribution in [2.75, 3.05) is 25.1 Å². The molecule has 0 aliphatic carbocycles. The molecular formula is C12H14Cl2N2O3. The predicted molar refractivity (Wildman–Crippen MR) is 74.9 cm³/mol. The van der Waals surface area contributed by atoms with E-state index < -0.39 is 6.09 Å². The number of halogens is 2. The first-order chi connectivity index (χ1) is 8.95. The van der Waals surface area contributed by atoms with Gasteiger partial charge in [0.2, 0.25) is 5.91 Å². The van der Waals surface area contributed by atoms with Gasteiger partial charge in [0.15, 0.2) is 0 Å². The second-order valence-corrected chi connectivity index (χ2v) is 4.50. The molecule has 0 radical (unpaired) electrons. The van der Waals surface area contributed by atoms with Gasteiger partial charge < -0.3 is 15.0 Å². The molecule has 0 aliphatic rings. The highest BCUT2D eigenvalue weighted by molar-refractivity contribution is 6.42. The number of hydrogen-bond acceptors (Lipinski definition) is 3. The SMILES string of the molecule is COC(=O)NCCN(C(C)=O)c1ccc(Cl)c(Cl)c1. The number of carbonyl (C=O) groups excluding carboxylic acids is 2. The summed E-state index contributed by atoms with van der Waals surface area (Å²) in [6.07, 6.45) is -0.544. The maximum atomic E-state index is 11.6. The van der Waals surface area contributed by atoms with Crippen LogP contribution in [0.1, 0.15) is 6.92 Å². The lowest BCUT2D eigenvalue weighted by molar-refractivity contribution is -0.116. The molecule has 1 N–H and O–H groups in total. The number of nitrogens with one attached hydrogen (secondary N) is 1. The number of anilines is 1. The molecule has 0 aliphatic heterocycles. The normalized spacial score (nSPS) is 9.89.